The molecular weight excluding hydrogens is 324 g/mol. The van der Waals surface area contributed by atoms with Crippen LogP contribution in [-0.2, 0) is 12.8 Å². The third kappa shape index (κ3) is 5.73. The van der Waals surface area contributed by atoms with Crippen molar-refractivity contribution >= 4 is 10.8 Å². The first-order chi connectivity index (χ1) is 13.3. The Kier molecular flexibility index (Phi) is 7.11. The van der Waals surface area contributed by atoms with Gasteiger partial charge in [0.2, 0.25) is 0 Å². The van der Waals surface area contributed by atoms with Gasteiger partial charge in [-0.05, 0) is 71.8 Å². The lowest BCUT2D eigenvalue weighted by molar-refractivity contribution is 0.718. The molecule has 0 aliphatic rings. The summed E-state index contributed by atoms with van der Waals surface area (Å²) in [6.07, 6.45) is 8.70. The first kappa shape index (κ1) is 19.2. The van der Waals surface area contributed by atoms with Gasteiger partial charge in [0.15, 0.2) is 0 Å². The Morgan fingerprint density at radius 2 is 1.15 bits per heavy atom. The first-order valence-corrected chi connectivity index (χ1v) is 10.4. The van der Waals surface area contributed by atoms with Gasteiger partial charge >= 0.3 is 0 Å². The molecule has 0 bridgehead atoms. The van der Waals surface area contributed by atoms with Crippen LogP contribution in [0.5, 0.6) is 0 Å². The number of aryl methyl sites for hydroxylation is 2. The van der Waals surface area contributed by atoms with Crippen LogP contribution in [0.4, 0.5) is 0 Å². The Morgan fingerprint density at radius 1 is 0.556 bits per heavy atom. The van der Waals surface area contributed by atoms with Crippen LogP contribution in [0.1, 0.15) is 68.2 Å². The Labute approximate surface area is 164 Å². The summed E-state index contributed by atoms with van der Waals surface area (Å²) in [5, 5.41) is 2.59. The van der Waals surface area contributed by atoms with E-state index in [1.165, 1.54) is 60.4 Å². The standard InChI is InChI=1S/C27H30/c1-3-5-7-9-24-16-18-27-21-25(17-19-26(27)20-24)15-14-23-12-10-22(11-13-23)8-6-4-2/h10-13,16-21H,3-9H2,1-2H3. The number of unbranched alkanes of at least 4 members (excludes halogenated alkanes) is 3. The van der Waals surface area contributed by atoms with Gasteiger partial charge in [-0.1, -0.05) is 81.3 Å². The molecule has 0 amide bonds. The second kappa shape index (κ2) is 9.98. The molecule has 0 saturated heterocycles. The normalized spacial score (nSPS) is 10.6. The van der Waals surface area contributed by atoms with Crippen LogP contribution in [-0.4, -0.2) is 0 Å². The van der Waals surface area contributed by atoms with Crippen LogP contribution in [0.3, 0.4) is 0 Å². The number of rotatable bonds is 7. The van der Waals surface area contributed by atoms with E-state index in [9.17, 15) is 0 Å². The van der Waals surface area contributed by atoms with Gasteiger partial charge in [-0.3, -0.25) is 0 Å². The van der Waals surface area contributed by atoms with Crippen molar-refractivity contribution in [2.24, 2.45) is 0 Å². The van der Waals surface area contributed by atoms with Gasteiger partial charge in [0.1, 0.15) is 0 Å². The quantitative estimate of drug-likeness (QED) is 0.308. The highest BCUT2D eigenvalue weighted by molar-refractivity contribution is 5.84. The van der Waals surface area contributed by atoms with Gasteiger partial charge in [-0.15, -0.1) is 0 Å². The molecular formula is C27H30. The van der Waals surface area contributed by atoms with Crippen LogP contribution in [0.15, 0.2) is 60.7 Å². The molecule has 3 aromatic carbocycles. The fourth-order valence-corrected chi connectivity index (χ4v) is 3.39. The molecule has 0 heterocycles. The summed E-state index contributed by atoms with van der Waals surface area (Å²) >= 11 is 0. The third-order valence-corrected chi connectivity index (χ3v) is 5.10. The number of hydrogen-bond acceptors (Lipinski definition) is 0. The summed E-state index contributed by atoms with van der Waals surface area (Å²) in [7, 11) is 0. The molecule has 0 N–H and O–H groups in total. The molecule has 3 rings (SSSR count). The molecule has 27 heavy (non-hydrogen) atoms. The molecule has 0 fully saturated rings. The topological polar surface area (TPSA) is 0 Å². The van der Waals surface area contributed by atoms with E-state index < -0.39 is 0 Å². The van der Waals surface area contributed by atoms with E-state index in [0.29, 0.717) is 0 Å². The van der Waals surface area contributed by atoms with Crippen LogP contribution in [0.2, 0.25) is 0 Å². The minimum atomic E-state index is 1.08. The zero-order valence-electron chi connectivity index (χ0n) is 16.7. The van der Waals surface area contributed by atoms with Gasteiger partial charge < -0.3 is 0 Å². The smallest absolute Gasteiger partial charge is 0.0255 e. The monoisotopic (exact) mass is 354 g/mol. The van der Waals surface area contributed by atoms with Gasteiger partial charge in [0, 0.05) is 11.1 Å². The fourth-order valence-electron chi connectivity index (χ4n) is 3.39. The molecule has 0 aromatic heterocycles. The van der Waals surface area contributed by atoms with Crippen molar-refractivity contribution in [3.63, 3.8) is 0 Å². The molecule has 0 unspecified atom stereocenters. The van der Waals surface area contributed by atoms with Crippen LogP contribution >= 0.6 is 0 Å². The molecule has 0 aliphatic carbocycles. The van der Waals surface area contributed by atoms with Crippen molar-refractivity contribution in [3.8, 4) is 11.8 Å². The van der Waals surface area contributed by atoms with E-state index in [1.807, 2.05) is 0 Å². The van der Waals surface area contributed by atoms with Crippen molar-refractivity contribution in [1.82, 2.24) is 0 Å². The van der Waals surface area contributed by atoms with Crippen LogP contribution in [0.25, 0.3) is 10.8 Å². The fraction of sp³-hybridized carbons (Fsp3) is 0.333. The van der Waals surface area contributed by atoms with E-state index >= 15 is 0 Å². The zero-order valence-corrected chi connectivity index (χ0v) is 16.7. The predicted octanol–water partition coefficient (Wildman–Crippen LogP) is 7.31. The summed E-state index contributed by atoms with van der Waals surface area (Å²) in [5.74, 6) is 6.63. The maximum Gasteiger partial charge on any atom is 0.0255 e. The molecule has 0 radical (unpaired) electrons. The van der Waals surface area contributed by atoms with E-state index in [1.54, 1.807) is 0 Å². The van der Waals surface area contributed by atoms with Crippen molar-refractivity contribution in [2.45, 2.75) is 58.8 Å². The highest BCUT2D eigenvalue weighted by Crippen LogP contribution is 2.19. The van der Waals surface area contributed by atoms with Gasteiger partial charge in [-0.2, -0.15) is 0 Å². The Hall–Kier alpha value is -2.52. The van der Waals surface area contributed by atoms with Gasteiger partial charge in [0.05, 0.1) is 0 Å². The molecule has 0 aliphatic heterocycles. The first-order valence-electron chi connectivity index (χ1n) is 10.4. The maximum atomic E-state index is 3.32. The van der Waals surface area contributed by atoms with Crippen LogP contribution in [0, 0.1) is 11.8 Å². The van der Waals surface area contributed by atoms with Gasteiger partial charge in [-0.25, -0.2) is 0 Å². The van der Waals surface area contributed by atoms with Crippen molar-refractivity contribution < 1.29 is 0 Å². The lowest BCUT2D eigenvalue weighted by Gasteiger charge is -2.04. The minimum absolute atomic E-state index is 1.08. The minimum Gasteiger partial charge on any atom is -0.0654 e. The summed E-state index contributed by atoms with van der Waals surface area (Å²) < 4.78 is 0. The van der Waals surface area contributed by atoms with Gasteiger partial charge in [0.25, 0.3) is 0 Å². The maximum absolute atomic E-state index is 3.32. The van der Waals surface area contributed by atoms with E-state index in [-0.39, 0.29) is 0 Å². The molecule has 0 atom stereocenters. The van der Waals surface area contributed by atoms with E-state index in [4.69, 9.17) is 0 Å². The number of fused-ring (bicyclic) bond motifs is 1. The third-order valence-electron chi connectivity index (χ3n) is 5.10. The molecule has 0 heteroatoms. The largest absolute Gasteiger partial charge is 0.0654 e. The van der Waals surface area contributed by atoms with E-state index in [2.05, 4.69) is 86.4 Å². The highest BCUT2D eigenvalue weighted by Gasteiger charge is 1.99. The summed E-state index contributed by atoms with van der Waals surface area (Å²) in [4.78, 5) is 0. The second-order valence-electron chi connectivity index (χ2n) is 7.40. The second-order valence-corrected chi connectivity index (χ2v) is 7.40. The van der Waals surface area contributed by atoms with Crippen LogP contribution < -0.4 is 0 Å². The average molecular weight is 355 g/mol. The number of benzene rings is 3. The summed E-state index contributed by atoms with van der Waals surface area (Å²) in [6.45, 7) is 4.49. The molecule has 3 aromatic rings. The molecule has 0 saturated carbocycles. The molecule has 0 nitrogen and oxygen atoms in total. The summed E-state index contributed by atoms with van der Waals surface area (Å²) in [6, 6.07) is 22.1. The Balaban J connectivity index is 1.70. The van der Waals surface area contributed by atoms with E-state index in [0.717, 1.165) is 17.5 Å². The highest BCUT2D eigenvalue weighted by atomic mass is 14.0. The Morgan fingerprint density at radius 3 is 1.93 bits per heavy atom. The molecule has 0 spiro atoms. The SMILES string of the molecule is CCCCCc1ccc2cc(C#Cc3ccc(CCCC)cc3)ccc2c1. The summed E-state index contributed by atoms with van der Waals surface area (Å²) in [5.41, 5.74) is 5.01. The van der Waals surface area contributed by atoms with Crippen molar-refractivity contribution in [1.29, 1.82) is 0 Å². The number of hydrogen-bond donors (Lipinski definition) is 0. The van der Waals surface area contributed by atoms with Crippen molar-refractivity contribution in [3.05, 3.63) is 82.9 Å². The Bertz CT molecular complexity index is 920. The zero-order chi connectivity index (χ0) is 18.9. The predicted molar refractivity (Wildman–Crippen MR) is 118 cm³/mol. The lowest BCUT2D eigenvalue weighted by Crippen LogP contribution is -1.86. The molecule has 138 valence electrons. The lowest BCUT2D eigenvalue weighted by atomic mass is 10.0. The van der Waals surface area contributed by atoms with Crippen molar-refractivity contribution in [2.75, 3.05) is 0 Å². The average Bonchev–Trinajstić information content (AvgIpc) is 2.71.